The molecule has 16 heavy (non-hydrogen) atoms. The predicted molar refractivity (Wildman–Crippen MR) is 60.4 cm³/mol. The summed E-state index contributed by atoms with van der Waals surface area (Å²) >= 11 is 0. The van der Waals surface area contributed by atoms with Crippen LogP contribution in [0.2, 0.25) is 0 Å². The first-order valence-corrected chi connectivity index (χ1v) is 5.24. The summed E-state index contributed by atoms with van der Waals surface area (Å²) in [5, 5.41) is 14.8. The molecule has 1 aromatic rings. The molecule has 6 heteroatoms. The number of aryl methyl sites for hydroxylation is 2. The van der Waals surface area contributed by atoms with Crippen LogP contribution in [0.4, 0.5) is 0 Å². The van der Waals surface area contributed by atoms with Crippen LogP contribution in [0.25, 0.3) is 0 Å². The first-order chi connectivity index (χ1) is 7.40. The third-order valence-corrected chi connectivity index (χ3v) is 2.53. The van der Waals surface area contributed by atoms with Gasteiger partial charge in [0, 0.05) is 13.8 Å². The van der Waals surface area contributed by atoms with Crippen LogP contribution < -0.4 is 4.57 Å². The number of hydrogen-bond acceptors (Lipinski definition) is 3. The van der Waals surface area contributed by atoms with Gasteiger partial charge >= 0.3 is 0 Å². The summed E-state index contributed by atoms with van der Waals surface area (Å²) in [4.78, 5) is 8.25. The lowest BCUT2D eigenvalue weighted by atomic mass is 10.3. The van der Waals surface area contributed by atoms with Gasteiger partial charge in [-0.3, -0.25) is 0 Å². The topological polar surface area (TPSA) is 75.0 Å². The zero-order valence-corrected chi connectivity index (χ0v) is 10.3. The number of nitrogens with zero attached hydrogens (tertiary/aromatic N) is 3. The van der Waals surface area contributed by atoms with E-state index in [1.165, 1.54) is 24.4 Å². The molecule has 1 heterocycles. The molecule has 0 spiro atoms. The SMILES string of the molecule is CCCC[n+]1cc(C)n(C)c1C.O=[N+]([O-])[O-]. The highest BCUT2D eigenvalue weighted by Crippen LogP contribution is 1.98. The molecule has 0 fully saturated rings. The lowest BCUT2D eigenvalue weighted by molar-refractivity contribution is -0.702. The molecule has 1 aromatic heterocycles. The molecule has 0 bridgehead atoms. The van der Waals surface area contributed by atoms with Crippen LogP contribution in [0.15, 0.2) is 6.20 Å². The minimum absolute atomic E-state index is 1.16. The van der Waals surface area contributed by atoms with Gasteiger partial charge in [-0.25, -0.2) is 9.13 Å². The summed E-state index contributed by atoms with van der Waals surface area (Å²) in [6.07, 6.45) is 4.76. The lowest BCUT2D eigenvalue weighted by Crippen LogP contribution is -2.35. The highest BCUT2D eigenvalue weighted by atomic mass is 16.9. The average molecular weight is 229 g/mol. The number of rotatable bonds is 3. The minimum Gasteiger partial charge on any atom is -0.356 e. The minimum atomic E-state index is -1.75. The maximum atomic E-state index is 8.25. The van der Waals surface area contributed by atoms with Crippen molar-refractivity contribution in [3.63, 3.8) is 0 Å². The van der Waals surface area contributed by atoms with E-state index in [4.69, 9.17) is 15.3 Å². The number of aromatic nitrogens is 2. The molecule has 0 amide bonds. The van der Waals surface area contributed by atoms with Gasteiger partial charge in [0.1, 0.15) is 11.9 Å². The van der Waals surface area contributed by atoms with Crippen LogP contribution >= 0.6 is 0 Å². The standard InChI is InChI=1S/C10H19N2.NO3/c1-5-6-7-12-8-9(2)11(4)10(12)3;2-1(3)4/h8H,5-7H2,1-4H3;/q+1;-1. The van der Waals surface area contributed by atoms with Gasteiger partial charge in [-0.1, -0.05) is 13.3 Å². The summed E-state index contributed by atoms with van der Waals surface area (Å²) in [7, 11) is 2.12. The largest absolute Gasteiger partial charge is 0.356 e. The normalized spacial score (nSPS) is 9.50. The van der Waals surface area contributed by atoms with E-state index in [-0.39, 0.29) is 0 Å². The Kier molecular flexibility index (Phi) is 6.14. The molecule has 0 aliphatic heterocycles. The maximum Gasteiger partial charge on any atom is 0.253 e. The van der Waals surface area contributed by atoms with Gasteiger partial charge in [-0.15, -0.1) is 0 Å². The summed E-state index contributed by atoms with van der Waals surface area (Å²) in [6, 6.07) is 0. The van der Waals surface area contributed by atoms with Crippen molar-refractivity contribution in [1.29, 1.82) is 0 Å². The van der Waals surface area contributed by atoms with E-state index in [2.05, 4.69) is 43.1 Å². The average Bonchev–Trinajstić information content (AvgIpc) is 2.42. The van der Waals surface area contributed by atoms with Gasteiger partial charge < -0.3 is 15.3 Å². The first-order valence-electron chi connectivity index (χ1n) is 5.24. The summed E-state index contributed by atoms with van der Waals surface area (Å²) in [5.74, 6) is 1.35. The van der Waals surface area contributed by atoms with Crippen LogP contribution in [-0.4, -0.2) is 9.65 Å². The molecule has 0 atom stereocenters. The van der Waals surface area contributed by atoms with E-state index in [1.54, 1.807) is 0 Å². The van der Waals surface area contributed by atoms with Crippen molar-refractivity contribution >= 4 is 0 Å². The van der Waals surface area contributed by atoms with Crippen LogP contribution in [-0.2, 0) is 13.6 Å². The van der Waals surface area contributed by atoms with Crippen LogP contribution in [0, 0.1) is 29.2 Å². The van der Waals surface area contributed by atoms with Crippen molar-refractivity contribution < 1.29 is 9.65 Å². The second-order valence-electron chi connectivity index (χ2n) is 3.65. The van der Waals surface area contributed by atoms with Crippen molar-refractivity contribution in [3.05, 3.63) is 33.0 Å². The Labute approximate surface area is 95.2 Å². The molecule has 1 rings (SSSR count). The third kappa shape index (κ3) is 4.77. The highest BCUT2D eigenvalue weighted by molar-refractivity contribution is 4.93. The molecule has 0 saturated heterocycles. The predicted octanol–water partition coefficient (Wildman–Crippen LogP) is 1.49. The zero-order chi connectivity index (χ0) is 12.7. The monoisotopic (exact) mass is 229 g/mol. The smallest absolute Gasteiger partial charge is 0.253 e. The fourth-order valence-corrected chi connectivity index (χ4v) is 1.41. The van der Waals surface area contributed by atoms with Crippen LogP contribution in [0.3, 0.4) is 0 Å². The van der Waals surface area contributed by atoms with Gasteiger partial charge in [0.05, 0.1) is 18.7 Å². The van der Waals surface area contributed by atoms with Gasteiger partial charge in [0.15, 0.2) is 0 Å². The molecule has 0 unspecified atom stereocenters. The Morgan fingerprint density at radius 2 is 1.94 bits per heavy atom. The van der Waals surface area contributed by atoms with Gasteiger partial charge in [0.2, 0.25) is 0 Å². The molecule has 0 saturated carbocycles. The van der Waals surface area contributed by atoms with E-state index in [0.29, 0.717) is 0 Å². The third-order valence-electron chi connectivity index (χ3n) is 2.53. The van der Waals surface area contributed by atoms with Crippen molar-refractivity contribution in [2.75, 3.05) is 0 Å². The number of imidazole rings is 1. The molecular formula is C10H19N3O3. The maximum absolute atomic E-state index is 8.25. The van der Waals surface area contributed by atoms with Gasteiger partial charge in [-0.05, 0) is 6.42 Å². The highest BCUT2D eigenvalue weighted by Gasteiger charge is 2.11. The molecule has 0 N–H and O–H groups in total. The summed E-state index contributed by atoms with van der Waals surface area (Å²) < 4.78 is 4.56. The van der Waals surface area contributed by atoms with E-state index in [9.17, 15) is 0 Å². The Hall–Kier alpha value is -1.59. The van der Waals surface area contributed by atoms with Gasteiger partial charge in [-0.2, -0.15) is 0 Å². The molecular weight excluding hydrogens is 210 g/mol. The van der Waals surface area contributed by atoms with E-state index in [1.807, 2.05) is 0 Å². The second kappa shape index (κ2) is 6.81. The summed E-state index contributed by atoms with van der Waals surface area (Å²) in [6.45, 7) is 7.70. The van der Waals surface area contributed by atoms with E-state index in [0.717, 1.165) is 6.54 Å². The molecule has 0 radical (unpaired) electrons. The van der Waals surface area contributed by atoms with Crippen molar-refractivity contribution in [3.8, 4) is 0 Å². The molecule has 6 nitrogen and oxygen atoms in total. The Morgan fingerprint density at radius 1 is 1.44 bits per heavy atom. The quantitative estimate of drug-likeness (QED) is 0.447. The van der Waals surface area contributed by atoms with Crippen LogP contribution in [0.1, 0.15) is 31.3 Å². The number of unbranched alkanes of at least 4 members (excludes halogenated alkanes) is 1. The van der Waals surface area contributed by atoms with Crippen LogP contribution in [0.5, 0.6) is 0 Å². The Balaban J connectivity index is 0.000000487. The van der Waals surface area contributed by atoms with E-state index < -0.39 is 5.09 Å². The van der Waals surface area contributed by atoms with Crippen molar-refractivity contribution in [1.82, 2.24) is 4.57 Å². The molecule has 0 aliphatic carbocycles. The van der Waals surface area contributed by atoms with Crippen molar-refractivity contribution in [2.24, 2.45) is 7.05 Å². The Bertz CT molecular complexity index is 343. The Morgan fingerprint density at radius 3 is 2.25 bits per heavy atom. The zero-order valence-electron chi connectivity index (χ0n) is 10.3. The lowest BCUT2D eigenvalue weighted by Gasteiger charge is -1.95. The molecule has 92 valence electrons. The fraction of sp³-hybridized carbons (Fsp3) is 0.700. The van der Waals surface area contributed by atoms with E-state index >= 15 is 0 Å². The fourth-order valence-electron chi connectivity index (χ4n) is 1.41. The first kappa shape index (κ1) is 14.4. The molecule has 0 aliphatic rings. The van der Waals surface area contributed by atoms with Crippen molar-refractivity contribution in [2.45, 2.75) is 40.2 Å². The summed E-state index contributed by atoms with van der Waals surface area (Å²) in [5.41, 5.74) is 1.34. The number of hydrogen-bond donors (Lipinski definition) is 0. The van der Waals surface area contributed by atoms with Gasteiger partial charge in [0.25, 0.3) is 5.82 Å². The molecule has 0 aromatic carbocycles. The second-order valence-corrected chi connectivity index (χ2v) is 3.65.